The Hall–Kier alpha value is -1.40. The molecule has 2 aliphatic heterocycles. The first-order valence-electron chi connectivity index (χ1n) is 6.60. The summed E-state index contributed by atoms with van der Waals surface area (Å²) in [4.78, 5) is 27.8. The van der Waals surface area contributed by atoms with Gasteiger partial charge in [0.1, 0.15) is 5.92 Å². The molecule has 0 bridgehead atoms. The van der Waals surface area contributed by atoms with Gasteiger partial charge in [0.25, 0.3) is 0 Å². The van der Waals surface area contributed by atoms with Gasteiger partial charge >= 0.3 is 0 Å². The van der Waals surface area contributed by atoms with Gasteiger partial charge in [-0.3, -0.25) is 9.59 Å². The van der Waals surface area contributed by atoms with E-state index >= 15 is 0 Å². The lowest BCUT2D eigenvalue weighted by Gasteiger charge is -2.37. The Labute approximate surface area is 125 Å². The predicted octanol–water partition coefficient (Wildman–Crippen LogP) is 1.01. The van der Waals surface area contributed by atoms with Crippen molar-refractivity contribution in [3.8, 4) is 0 Å². The van der Waals surface area contributed by atoms with Crippen molar-refractivity contribution in [3.05, 3.63) is 28.7 Å². The van der Waals surface area contributed by atoms with Crippen molar-refractivity contribution in [2.45, 2.75) is 12.5 Å². The number of halogens is 1. The highest BCUT2D eigenvalue weighted by molar-refractivity contribution is 9.10. The molecule has 3 rings (SSSR count). The first kappa shape index (κ1) is 13.6. The molecule has 0 aliphatic carbocycles. The van der Waals surface area contributed by atoms with Gasteiger partial charge in [-0.1, -0.05) is 12.1 Å². The van der Waals surface area contributed by atoms with Crippen LogP contribution < -0.4 is 4.90 Å². The Kier molecular flexibility index (Phi) is 3.52. The number of β-amino-alcohol motifs (C(OH)–C–C–N with tert-alkyl or cyclic N) is 1. The van der Waals surface area contributed by atoms with E-state index in [4.69, 9.17) is 0 Å². The van der Waals surface area contributed by atoms with E-state index in [-0.39, 0.29) is 11.8 Å². The van der Waals surface area contributed by atoms with Gasteiger partial charge < -0.3 is 14.9 Å². The number of aliphatic hydroxyl groups excluding tert-OH is 1. The van der Waals surface area contributed by atoms with Crippen LogP contribution in [0.15, 0.2) is 28.7 Å². The molecule has 1 N–H and O–H groups in total. The minimum absolute atomic E-state index is 0.150. The SMILES string of the molecule is O=C(C1CCN(c2ccccc2Br)C1=O)N1CC(O)C1. The van der Waals surface area contributed by atoms with Gasteiger partial charge in [0.15, 0.2) is 0 Å². The molecule has 5 nitrogen and oxygen atoms in total. The molecular weight excluding hydrogens is 324 g/mol. The summed E-state index contributed by atoms with van der Waals surface area (Å²) in [7, 11) is 0. The summed E-state index contributed by atoms with van der Waals surface area (Å²) < 4.78 is 0.848. The Bertz CT molecular complexity index is 557. The van der Waals surface area contributed by atoms with Crippen LogP contribution in [0.5, 0.6) is 0 Å². The Morgan fingerprint density at radius 3 is 2.65 bits per heavy atom. The molecule has 2 fully saturated rings. The van der Waals surface area contributed by atoms with Gasteiger partial charge in [0, 0.05) is 24.1 Å². The quantitative estimate of drug-likeness (QED) is 0.818. The van der Waals surface area contributed by atoms with Gasteiger partial charge in [0.05, 0.1) is 11.8 Å². The zero-order chi connectivity index (χ0) is 14.3. The van der Waals surface area contributed by atoms with E-state index in [1.165, 1.54) is 0 Å². The molecule has 1 unspecified atom stereocenters. The topological polar surface area (TPSA) is 60.9 Å². The third-order valence-electron chi connectivity index (χ3n) is 3.82. The summed E-state index contributed by atoms with van der Waals surface area (Å²) in [6.45, 7) is 1.24. The summed E-state index contributed by atoms with van der Waals surface area (Å²) in [6.07, 6.45) is 0.0980. The fraction of sp³-hybridized carbons (Fsp3) is 0.429. The molecule has 2 aliphatic rings. The molecule has 106 valence electrons. The number of carbonyl (C=O) groups is 2. The lowest BCUT2D eigenvalue weighted by Crippen LogP contribution is -2.56. The zero-order valence-corrected chi connectivity index (χ0v) is 12.4. The van der Waals surface area contributed by atoms with Gasteiger partial charge in [-0.2, -0.15) is 0 Å². The molecule has 1 atom stereocenters. The van der Waals surface area contributed by atoms with E-state index < -0.39 is 12.0 Å². The van der Waals surface area contributed by atoms with Crippen molar-refractivity contribution in [2.24, 2.45) is 5.92 Å². The number of para-hydroxylation sites is 1. The number of hydrogen-bond acceptors (Lipinski definition) is 3. The molecule has 2 amide bonds. The van der Waals surface area contributed by atoms with Crippen LogP contribution in [0.4, 0.5) is 5.69 Å². The number of rotatable bonds is 2. The Morgan fingerprint density at radius 2 is 2.00 bits per heavy atom. The highest BCUT2D eigenvalue weighted by Crippen LogP contribution is 2.32. The van der Waals surface area contributed by atoms with Crippen LogP contribution in [-0.4, -0.2) is 47.6 Å². The average molecular weight is 339 g/mol. The van der Waals surface area contributed by atoms with E-state index in [1.54, 1.807) is 9.80 Å². The number of amides is 2. The summed E-state index contributed by atoms with van der Waals surface area (Å²) in [5.74, 6) is -0.909. The molecule has 2 heterocycles. The molecule has 0 radical (unpaired) electrons. The molecule has 0 saturated carbocycles. The van der Waals surface area contributed by atoms with Crippen LogP contribution in [-0.2, 0) is 9.59 Å². The second-order valence-electron chi connectivity index (χ2n) is 5.18. The molecule has 20 heavy (non-hydrogen) atoms. The van der Waals surface area contributed by atoms with Crippen LogP contribution in [0.1, 0.15) is 6.42 Å². The number of aliphatic hydroxyl groups is 1. The number of anilines is 1. The van der Waals surface area contributed by atoms with Crippen LogP contribution in [0, 0.1) is 5.92 Å². The third kappa shape index (κ3) is 2.23. The number of carbonyl (C=O) groups excluding carboxylic acids is 2. The van der Waals surface area contributed by atoms with Crippen molar-refractivity contribution in [2.75, 3.05) is 24.5 Å². The monoisotopic (exact) mass is 338 g/mol. The Morgan fingerprint density at radius 1 is 1.30 bits per heavy atom. The van der Waals surface area contributed by atoms with Gasteiger partial charge in [-0.15, -0.1) is 0 Å². The fourth-order valence-corrected chi connectivity index (χ4v) is 3.17. The number of likely N-dealkylation sites (tertiary alicyclic amines) is 1. The molecule has 0 aromatic heterocycles. The third-order valence-corrected chi connectivity index (χ3v) is 4.49. The van der Waals surface area contributed by atoms with Crippen molar-refractivity contribution in [3.63, 3.8) is 0 Å². The summed E-state index contributed by atoms with van der Waals surface area (Å²) in [5.41, 5.74) is 0.802. The standard InChI is InChI=1S/C14H15BrN2O3/c15-11-3-1-2-4-12(11)17-6-5-10(14(17)20)13(19)16-7-9(18)8-16/h1-4,9-10,18H,5-8H2. The largest absolute Gasteiger partial charge is 0.389 e. The molecular formula is C14H15BrN2O3. The maximum atomic E-state index is 12.4. The van der Waals surface area contributed by atoms with E-state index in [0.717, 1.165) is 10.2 Å². The van der Waals surface area contributed by atoms with Crippen LogP contribution in [0.3, 0.4) is 0 Å². The average Bonchev–Trinajstić information content (AvgIpc) is 2.77. The van der Waals surface area contributed by atoms with Gasteiger partial charge in [-0.25, -0.2) is 0 Å². The van der Waals surface area contributed by atoms with Crippen molar-refractivity contribution in [1.29, 1.82) is 0 Å². The van der Waals surface area contributed by atoms with Crippen molar-refractivity contribution in [1.82, 2.24) is 4.90 Å². The summed E-state index contributed by atoms with van der Waals surface area (Å²) in [5, 5.41) is 9.25. The highest BCUT2D eigenvalue weighted by atomic mass is 79.9. The first-order chi connectivity index (χ1) is 9.58. The maximum absolute atomic E-state index is 12.4. The van der Waals surface area contributed by atoms with E-state index in [0.29, 0.717) is 26.1 Å². The van der Waals surface area contributed by atoms with Gasteiger partial charge in [-0.05, 0) is 34.5 Å². The highest BCUT2D eigenvalue weighted by Gasteiger charge is 2.42. The van der Waals surface area contributed by atoms with Crippen LogP contribution in [0.25, 0.3) is 0 Å². The predicted molar refractivity (Wildman–Crippen MR) is 77.2 cm³/mol. The minimum atomic E-state index is -0.602. The van der Waals surface area contributed by atoms with Crippen molar-refractivity contribution >= 4 is 33.4 Å². The van der Waals surface area contributed by atoms with E-state index in [2.05, 4.69) is 15.9 Å². The number of nitrogens with zero attached hydrogens (tertiary/aromatic N) is 2. The lowest BCUT2D eigenvalue weighted by atomic mass is 10.0. The number of benzene rings is 1. The molecule has 2 saturated heterocycles. The summed E-state index contributed by atoms with van der Waals surface area (Å²) in [6, 6.07) is 7.50. The zero-order valence-electron chi connectivity index (χ0n) is 10.8. The maximum Gasteiger partial charge on any atom is 0.239 e. The molecule has 1 aromatic carbocycles. The molecule has 0 spiro atoms. The van der Waals surface area contributed by atoms with Crippen molar-refractivity contribution < 1.29 is 14.7 Å². The van der Waals surface area contributed by atoms with Gasteiger partial charge in [0.2, 0.25) is 11.8 Å². The lowest BCUT2D eigenvalue weighted by molar-refractivity contribution is -0.148. The normalized spacial score (nSPS) is 23.1. The number of hydrogen-bond donors (Lipinski definition) is 1. The smallest absolute Gasteiger partial charge is 0.239 e. The van der Waals surface area contributed by atoms with Crippen LogP contribution >= 0.6 is 15.9 Å². The second kappa shape index (κ2) is 5.18. The summed E-state index contributed by atoms with van der Waals surface area (Å²) >= 11 is 3.43. The fourth-order valence-electron chi connectivity index (χ4n) is 2.67. The second-order valence-corrected chi connectivity index (χ2v) is 6.03. The molecule has 6 heteroatoms. The first-order valence-corrected chi connectivity index (χ1v) is 7.40. The molecule has 1 aromatic rings. The van der Waals surface area contributed by atoms with E-state index in [9.17, 15) is 14.7 Å². The minimum Gasteiger partial charge on any atom is -0.389 e. The van der Waals surface area contributed by atoms with Crippen LogP contribution in [0.2, 0.25) is 0 Å². The van der Waals surface area contributed by atoms with E-state index in [1.807, 2.05) is 24.3 Å². The Balaban J connectivity index is 1.74.